The van der Waals surface area contributed by atoms with E-state index in [9.17, 15) is 10.1 Å². The third-order valence-electron chi connectivity index (χ3n) is 3.74. The Labute approximate surface area is 127 Å². The van der Waals surface area contributed by atoms with Crippen LogP contribution in [0.15, 0.2) is 12.1 Å². The van der Waals surface area contributed by atoms with Crippen molar-refractivity contribution in [1.29, 1.82) is 5.26 Å². The highest BCUT2D eigenvalue weighted by Gasteiger charge is 2.30. The van der Waals surface area contributed by atoms with Gasteiger partial charge in [0, 0.05) is 0 Å². The van der Waals surface area contributed by atoms with Gasteiger partial charge in [0.2, 0.25) is 0 Å². The molecule has 1 N–H and O–H groups in total. The highest BCUT2D eigenvalue weighted by Crippen LogP contribution is 2.24. The predicted molar refractivity (Wildman–Crippen MR) is 83.1 cm³/mol. The van der Waals surface area contributed by atoms with Crippen molar-refractivity contribution in [2.24, 2.45) is 5.92 Å². The minimum atomic E-state index is -0.877. The van der Waals surface area contributed by atoms with E-state index in [1.165, 1.54) is 5.56 Å². The Morgan fingerprint density at radius 2 is 1.86 bits per heavy atom. The molecule has 4 nitrogen and oxygen atoms in total. The second kappa shape index (κ2) is 6.62. The van der Waals surface area contributed by atoms with Crippen molar-refractivity contribution in [3.63, 3.8) is 0 Å². The zero-order valence-electron chi connectivity index (χ0n) is 13.7. The first-order chi connectivity index (χ1) is 9.69. The Hall–Kier alpha value is -2.02. The van der Waals surface area contributed by atoms with Crippen LogP contribution in [-0.4, -0.2) is 18.1 Å². The number of ether oxygens (including phenoxy) is 1. The van der Waals surface area contributed by atoms with Crippen LogP contribution < -0.4 is 10.1 Å². The van der Waals surface area contributed by atoms with Crippen molar-refractivity contribution < 1.29 is 9.53 Å². The lowest BCUT2D eigenvalue weighted by Gasteiger charge is -2.27. The molecule has 1 atom stereocenters. The van der Waals surface area contributed by atoms with Gasteiger partial charge in [0.1, 0.15) is 11.3 Å². The van der Waals surface area contributed by atoms with Crippen LogP contribution in [0, 0.1) is 38.0 Å². The number of nitrogens with one attached hydrogen (secondary N) is 1. The second-order valence-electron chi connectivity index (χ2n) is 6.03. The van der Waals surface area contributed by atoms with Crippen LogP contribution in [-0.2, 0) is 4.79 Å². The minimum Gasteiger partial charge on any atom is -0.483 e. The van der Waals surface area contributed by atoms with Crippen molar-refractivity contribution in [3.05, 3.63) is 28.8 Å². The first-order valence-electron chi connectivity index (χ1n) is 7.12. The fraction of sp³-hybridized carbons (Fsp3) is 0.529. The Balaban J connectivity index is 2.73. The highest BCUT2D eigenvalue weighted by molar-refractivity contribution is 5.79. The van der Waals surface area contributed by atoms with Gasteiger partial charge in [0.25, 0.3) is 5.91 Å². The molecule has 0 fully saturated rings. The lowest BCUT2D eigenvalue weighted by atomic mass is 9.90. The van der Waals surface area contributed by atoms with E-state index in [0.29, 0.717) is 0 Å². The Morgan fingerprint density at radius 3 is 2.29 bits per heavy atom. The molecule has 0 aromatic heterocycles. The van der Waals surface area contributed by atoms with Crippen LogP contribution in [0.5, 0.6) is 5.75 Å². The average Bonchev–Trinajstić information content (AvgIpc) is 2.36. The number of amides is 1. The van der Waals surface area contributed by atoms with Gasteiger partial charge in [0.05, 0.1) is 6.07 Å². The summed E-state index contributed by atoms with van der Waals surface area (Å²) in [4.78, 5) is 12.0. The number of benzene rings is 1. The Morgan fingerprint density at radius 1 is 1.33 bits per heavy atom. The summed E-state index contributed by atoms with van der Waals surface area (Å²) in [5, 5.41) is 11.9. The van der Waals surface area contributed by atoms with E-state index < -0.39 is 5.54 Å². The number of carbonyl (C=O) groups is 1. The molecule has 0 saturated carbocycles. The molecule has 0 radical (unpaired) electrons. The molecule has 0 spiro atoms. The number of nitrogens with zero attached hydrogens (tertiary/aromatic N) is 1. The zero-order valence-corrected chi connectivity index (χ0v) is 13.7. The maximum atomic E-state index is 12.0. The van der Waals surface area contributed by atoms with Crippen molar-refractivity contribution in [3.8, 4) is 11.8 Å². The maximum absolute atomic E-state index is 12.0. The molecule has 0 aliphatic rings. The molecule has 0 heterocycles. The fourth-order valence-electron chi connectivity index (χ4n) is 2.16. The van der Waals surface area contributed by atoms with E-state index in [4.69, 9.17) is 4.74 Å². The van der Waals surface area contributed by atoms with Crippen molar-refractivity contribution in [1.82, 2.24) is 5.32 Å². The van der Waals surface area contributed by atoms with Gasteiger partial charge in [0.15, 0.2) is 6.61 Å². The first kappa shape index (κ1) is 17.0. The topological polar surface area (TPSA) is 62.1 Å². The number of rotatable bonds is 5. The predicted octanol–water partition coefficient (Wildman–Crippen LogP) is 3.05. The van der Waals surface area contributed by atoms with Crippen molar-refractivity contribution >= 4 is 5.91 Å². The van der Waals surface area contributed by atoms with Crippen LogP contribution in [0.1, 0.15) is 37.5 Å². The van der Waals surface area contributed by atoms with Gasteiger partial charge in [-0.1, -0.05) is 31.5 Å². The molecule has 1 aromatic rings. The van der Waals surface area contributed by atoms with E-state index in [2.05, 4.69) is 11.4 Å². The average molecular weight is 288 g/mol. The minimum absolute atomic E-state index is 0.0225. The van der Waals surface area contributed by atoms with E-state index in [0.717, 1.165) is 16.9 Å². The molecule has 1 unspecified atom stereocenters. The number of hydrogen-bond donors (Lipinski definition) is 1. The summed E-state index contributed by atoms with van der Waals surface area (Å²) >= 11 is 0. The van der Waals surface area contributed by atoms with Gasteiger partial charge in [-0.25, -0.2) is 0 Å². The molecule has 0 aliphatic carbocycles. The summed E-state index contributed by atoms with van der Waals surface area (Å²) in [5.74, 6) is 0.473. The number of nitriles is 1. The molecule has 1 amide bonds. The highest BCUT2D eigenvalue weighted by atomic mass is 16.5. The lowest BCUT2D eigenvalue weighted by molar-refractivity contribution is -0.124. The van der Waals surface area contributed by atoms with Crippen molar-refractivity contribution in [2.45, 2.75) is 47.1 Å². The fourth-order valence-corrected chi connectivity index (χ4v) is 2.16. The third-order valence-corrected chi connectivity index (χ3v) is 3.74. The zero-order chi connectivity index (χ0) is 16.2. The molecule has 0 saturated heterocycles. The molecular formula is C17H24N2O2. The van der Waals surface area contributed by atoms with Gasteiger partial charge >= 0.3 is 0 Å². The number of hydrogen-bond acceptors (Lipinski definition) is 3. The summed E-state index contributed by atoms with van der Waals surface area (Å²) < 4.78 is 5.63. The second-order valence-corrected chi connectivity index (χ2v) is 6.03. The monoisotopic (exact) mass is 288 g/mol. The van der Waals surface area contributed by atoms with Gasteiger partial charge in [-0.15, -0.1) is 0 Å². The molecular weight excluding hydrogens is 264 g/mol. The molecule has 4 heteroatoms. The summed E-state index contributed by atoms with van der Waals surface area (Å²) in [7, 11) is 0. The number of carbonyl (C=O) groups excluding carboxylic acids is 1. The molecule has 114 valence electrons. The quantitative estimate of drug-likeness (QED) is 0.905. The van der Waals surface area contributed by atoms with Crippen LogP contribution >= 0.6 is 0 Å². The van der Waals surface area contributed by atoms with E-state index in [-0.39, 0.29) is 18.4 Å². The first-order valence-corrected chi connectivity index (χ1v) is 7.12. The van der Waals surface area contributed by atoms with Gasteiger partial charge in [-0.3, -0.25) is 4.79 Å². The summed E-state index contributed by atoms with van der Waals surface area (Å²) in [6.07, 6.45) is 0. The standard InChI is InChI=1S/C17H24N2O2/c1-11(2)17(6,10-18)19-15(20)9-21-16-13(4)7-12(3)8-14(16)5/h7-8,11H,9H2,1-6H3,(H,19,20). The SMILES string of the molecule is Cc1cc(C)c(OCC(=O)NC(C)(C#N)C(C)C)c(C)c1. The lowest BCUT2D eigenvalue weighted by Crippen LogP contribution is -2.50. The van der Waals surface area contributed by atoms with E-state index in [1.54, 1.807) is 6.92 Å². The Kier molecular flexibility index (Phi) is 5.37. The van der Waals surface area contributed by atoms with Gasteiger partial charge in [-0.2, -0.15) is 5.26 Å². The summed E-state index contributed by atoms with van der Waals surface area (Å²) in [6.45, 7) is 11.4. The number of aryl methyl sites for hydroxylation is 3. The van der Waals surface area contributed by atoms with E-state index >= 15 is 0 Å². The molecule has 0 bridgehead atoms. The van der Waals surface area contributed by atoms with Crippen LogP contribution in [0.3, 0.4) is 0 Å². The third kappa shape index (κ3) is 4.22. The van der Waals surface area contributed by atoms with Crippen LogP contribution in [0.25, 0.3) is 0 Å². The van der Waals surface area contributed by atoms with Crippen LogP contribution in [0.4, 0.5) is 0 Å². The maximum Gasteiger partial charge on any atom is 0.259 e. The van der Waals surface area contributed by atoms with Crippen LogP contribution in [0.2, 0.25) is 0 Å². The molecule has 1 rings (SSSR count). The van der Waals surface area contributed by atoms with Gasteiger partial charge < -0.3 is 10.1 Å². The molecule has 1 aromatic carbocycles. The normalized spacial score (nSPS) is 13.4. The Bertz CT molecular complexity index is 550. The summed E-state index contributed by atoms with van der Waals surface area (Å²) in [5.41, 5.74) is 2.30. The van der Waals surface area contributed by atoms with Gasteiger partial charge in [-0.05, 0) is 44.7 Å². The smallest absolute Gasteiger partial charge is 0.259 e. The molecule has 21 heavy (non-hydrogen) atoms. The largest absolute Gasteiger partial charge is 0.483 e. The molecule has 0 aliphatic heterocycles. The van der Waals surface area contributed by atoms with E-state index in [1.807, 2.05) is 46.8 Å². The van der Waals surface area contributed by atoms with Crippen molar-refractivity contribution in [2.75, 3.05) is 6.61 Å². The summed E-state index contributed by atoms with van der Waals surface area (Å²) in [6, 6.07) is 6.19.